The molecule has 1 heteroatoms. The summed E-state index contributed by atoms with van der Waals surface area (Å²) in [6.45, 7) is 2.20. The van der Waals surface area contributed by atoms with Crippen molar-refractivity contribution in [2.45, 2.75) is 19.8 Å². The fraction of sp³-hybridized carbons (Fsp3) is 0.333. The van der Waals surface area contributed by atoms with Crippen LogP contribution in [0, 0.1) is 0 Å². The molecule has 0 atom stereocenters. The Kier molecular flexibility index (Phi) is 6.10. The van der Waals surface area contributed by atoms with Crippen LogP contribution in [-0.4, -0.2) is 29.6 Å². The molecular formula is C9H12Na. The van der Waals surface area contributed by atoms with Crippen LogP contribution in [0.15, 0.2) is 30.3 Å². The number of hydrogen-bond donors (Lipinski definition) is 0. The van der Waals surface area contributed by atoms with Crippen LogP contribution in [0.4, 0.5) is 0 Å². The first kappa shape index (κ1) is 10.2. The molecule has 1 radical (unpaired) electrons. The maximum Gasteiger partial charge on any atom is 0 e. The summed E-state index contributed by atoms with van der Waals surface area (Å²) in [4.78, 5) is 0. The van der Waals surface area contributed by atoms with E-state index in [0.717, 1.165) is 0 Å². The van der Waals surface area contributed by atoms with Gasteiger partial charge in [0.15, 0.2) is 0 Å². The largest absolute Gasteiger partial charge is 0.0651 e. The molecule has 0 saturated heterocycles. The van der Waals surface area contributed by atoms with E-state index in [1.807, 2.05) is 0 Å². The molecule has 1 aromatic carbocycles. The maximum atomic E-state index is 2.20. The zero-order valence-electron chi connectivity index (χ0n) is 6.80. The normalized spacial score (nSPS) is 8.50. The third-order valence-electron chi connectivity index (χ3n) is 1.38. The minimum absolute atomic E-state index is 0. The SMILES string of the molecule is CCCc1ccccc1.[Na]. The van der Waals surface area contributed by atoms with Gasteiger partial charge in [-0.05, 0) is 12.0 Å². The Morgan fingerprint density at radius 1 is 1.10 bits per heavy atom. The molecule has 0 N–H and O–H groups in total. The minimum atomic E-state index is 0. The summed E-state index contributed by atoms with van der Waals surface area (Å²) in [5.74, 6) is 0. The first-order valence-electron chi connectivity index (χ1n) is 3.47. The molecule has 0 aliphatic carbocycles. The van der Waals surface area contributed by atoms with Gasteiger partial charge in [-0.2, -0.15) is 0 Å². The van der Waals surface area contributed by atoms with Gasteiger partial charge in [-0.25, -0.2) is 0 Å². The molecular weight excluding hydrogens is 131 g/mol. The van der Waals surface area contributed by atoms with Crippen LogP contribution in [-0.2, 0) is 6.42 Å². The topological polar surface area (TPSA) is 0 Å². The number of rotatable bonds is 2. The van der Waals surface area contributed by atoms with Crippen LogP contribution in [0.25, 0.3) is 0 Å². The third-order valence-corrected chi connectivity index (χ3v) is 1.38. The van der Waals surface area contributed by atoms with Gasteiger partial charge < -0.3 is 0 Å². The smallest absolute Gasteiger partial charge is 0 e. The Labute approximate surface area is 84.9 Å². The van der Waals surface area contributed by atoms with Gasteiger partial charge in [0.25, 0.3) is 0 Å². The van der Waals surface area contributed by atoms with E-state index in [-0.39, 0.29) is 29.6 Å². The molecule has 0 amide bonds. The molecule has 0 saturated carbocycles. The van der Waals surface area contributed by atoms with E-state index in [1.54, 1.807) is 0 Å². The molecule has 0 bridgehead atoms. The second kappa shape index (κ2) is 5.96. The Bertz CT molecular complexity index is 158. The summed E-state index contributed by atoms with van der Waals surface area (Å²) in [5, 5.41) is 0. The molecule has 0 spiro atoms. The predicted molar refractivity (Wildman–Crippen MR) is 46.2 cm³/mol. The van der Waals surface area contributed by atoms with Crippen LogP contribution in [0.3, 0.4) is 0 Å². The molecule has 0 aromatic heterocycles. The van der Waals surface area contributed by atoms with Crippen molar-refractivity contribution < 1.29 is 0 Å². The Balaban J connectivity index is 0.000000810. The van der Waals surface area contributed by atoms with E-state index >= 15 is 0 Å². The summed E-state index contributed by atoms with van der Waals surface area (Å²) in [6, 6.07) is 10.6. The van der Waals surface area contributed by atoms with Gasteiger partial charge in [-0.1, -0.05) is 43.7 Å². The van der Waals surface area contributed by atoms with E-state index in [0.29, 0.717) is 0 Å². The van der Waals surface area contributed by atoms with Crippen LogP contribution in [0.5, 0.6) is 0 Å². The van der Waals surface area contributed by atoms with Gasteiger partial charge in [-0.3, -0.25) is 0 Å². The van der Waals surface area contributed by atoms with Crippen molar-refractivity contribution in [3.8, 4) is 0 Å². The van der Waals surface area contributed by atoms with Gasteiger partial charge in [0.1, 0.15) is 0 Å². The average molecular weight is 143 g/mol. The second-order valence-corrected chi connectivity index (χ2v) is 2.24. The zero-order valence-corrected chi connectivity index (χ0v) is 8.80. The number of hydrogen-bond acceptors (Lipinski definition) is 0. The van der Waals surface area contributed by atoms with Gasteiger partial charge in [-0.15, -0.1) is 0 Å². The third kappa shape index (κ3) is 3.40. The van der Waals surface area contributed by atoms with Crippen molar-refractivity contribution in [1.29, 1.82) is 0 Å². The van der Waals surface area contributed by atoms with E-state index in [2.05, 4.69) is 37.3 Å². The van der Waals surface area contributed by atoms with Crippen molar-refractivity contribution in [3.05, 3.63) is 35.9 Å². The Morgan fingerprint density at radius 2 is 1.70 bits per heavy atom. The van der Waals surface area contributed by atoms with E-state index in [4.69, 9.17) is 0 Å². The molecule has 0 heterocycles. The van der Waals surface area contributed by atoms with Gasteiger partial charge in [0.2, 0.25) is 0 Å². The van der Waals surface area contributed by atoms with Crippen LogP contribution < -0.4 is 0 Å². The molecule has 0 nitrogen and oxygen atoms in total. The number of aryl methyl sites for hydroxylation is 1. The average Bonchev–Trinajstić information content (AvgIpc) is 1.91. The van der Waals surface area contributed by atoms with Crippen molar-refractivity contribution >= 4 is 29.6 Å². The molecule has 1 aromatic rings. The van der Waals surface area contributed by atoms with E-state index in [9.17, 15) is 0 Å². The summed E-state index contributed by atoms with van der Waals surface area (Å²) in [5.41, 5.74) is 1.44. The molecule has 0 aliphatic rings. The van der Waals surface area contributed by atoms with Crippen molar-refractivity contribution in [1.82, 2.24) is 0 Å². The van der Waals surface area contributed by atoms with E-state index in [1.165, 1.54) is 18.4 Å². The maximum absolute atomic E-state index is 2.20. The minimum Gasteiger partial charge on any atom is -0.0651 e. The molecule has 0 aliphatic heterocycles. The van der Waals surface area contributed by atoms with Gasteiger partial charge in [0.05, 0.1) is 0 Å². The summed E-state index contributed by atoms with van der Waals surface area (Å²) in [6.07, 6.45) is 2.45. The van der Waals surface area contributed by atoms with Gasteiger partial charge in [0, 0.05) is 29.6 Å². The Hall–Kier alpha value is 0.220. The molecule has 1 rings (SSSR count). The van der Waals surface area contributed by atoms with E-state index < -0.39 is 0 Å². The van der Waals surface area contributed by atoms with Crippen molar-refractivity contribution in [3.63, 3.8) is 0 Å². The first-order chi connectivity index (χ1) is 4.43. The quantitative estimate of drug-likeness (QED) is 0.557. The summed E-state index contributed by atoms with van der Waals surface area (Å²) >= 11 is 0. The predicted octanol–water partition coefficient (Wildman–Crippen LogP) is 2.26. The molecule has 10 heavy (non-hydrogen) atoms. The first-order valence-corrected chi connectivity index (χ1v) is 3.47. The fourth-order valence-electron chi connectivity index (χ4n) is 0.933. The van der Waals surface area contributed by atoms with Gasteiger partial charge >= 0.3 is 0 Å². The van der Waals surface area contributed by atoms with Crippen LogP contribution in [0.2, 0.25) is 0 Å². The van der Waals surface area contributed by atoms with Crippen LogP contribution in [0.1, 0.15) is 18.9 Å². The molecule has 0 fully saturated rings. The fourth-order valence-corrected chi connectivity index (χ4v) is 0.933. The van der Waals surface area contributed by atoms with Crippen LogP contribution >= 0.6 is 0 Å². The summed E-state index contributed by atoms with van der Waals surface area (Å²) < 4.78 is 0. The second-order valence-electron chi connectivity index (χ2n) is 2.24. The molecule has 0 unspecified atom stereocenters. The monoisotopic (exact) mass is 143 g/mol. The molecule has 49 valence electrons. The summed E-state index contributed by atoms with van der Waals surface area (Å²) in [7, 11) is 0. The van der Waals surface area contributed by atoms with Crippen molar-refractivity contribution in [2.24, 2.45) is 0 Å². The number of benzene rings is 1. The Morgan fingerprint density at radius 3 is 2.20 bits per heavy atom. The zero-order chi connectivity index (χ0) is 6.53. The van der Waals surface area contributed by atoms with Crippen molar-refractivity contribution in [2.75, 3.05) is 0 Å². The standard InChI is InChI=1S/C9H12.Na/c1-2-6-9-7-4-3-5-8-9;/h3-5,7-8H,2,6H2,1H3;.